The molecule has 12 heteroatoms. The van der Waals surface area contributed by atoms with E-state index in [0.717, 1.165) is 32.8 Å². The van der Waals surface area contributed by atoms with Crippen LogP contribution < -0.4 is 4.74 Å². The van der Waals surface area contributed by atoms with E-state index in [1.807, 2.05) is 6.07 Å². The van der Waals surface area contributed by atoms with Gasteiger partial charge < -0.3 is 14.2 Å². The summed E-state index contributed by atoms with van der Waals surface area (Å²) in [6.07, 6.45) is 4.57. The molecule has 6 bridgehead atoms. The van der Waals surface area contributed by atoms with Crippen molar-refractivity contribution in [3.05, 3.63) is 54.7 Å². The molecule has 0 aromatic heterocycles. The minimum atomic E-state index is -4.50. The van der Waals surface area contributed by atoms with Gasteiger partial charge in [0.1, 0.15) is 18.0 Å². The summed E-state index contributed by atoms with van der Waals surface area (Å²) in [5, 5.41) is 0. The van der Waals surface area contributed by atoms with Crippen LogP contribution in [0.15, 0.2) is 41.3 Å². The smallest absolute Gasteiger partial charge is 0.339 e. The molecule has 6 aliphatic carbocycles. The normalized spacial score (nSPS) is 37.7. The van der Waals surface area contributed by atoms with Gasteiger partial charge in [-0.1, -0.05) is 6.07 Å². The van der Waals surface area contributed by atoms with Crippen LogP contribution in [0.25, 0.3) is 0 Å². The molecule has 0 amide bonds. The van der Waals surface area contributed by atoms with Crippen LogP contribution in [0.4, 0.5) is 0 Å². The first-order valence-electron chi connectivity index (χ1n) is 15.2. The number of hydrogen-bond donors (Lipinski definition) is 1. The highest BCUT2D eigenvalue weighted by Crippen LogP contribution is 2.61. The van der Waals surface area contributed by atoms with Gasteiger partial charge in [-0.2, -0.15) is 8.42 Å². The molecular weight excluding hydrogens is 814 g/mol. The Balaban J connectivity index is 1.07. The summed E-state index contributed by atoms with van der Waals surface area (Å²) in [4.78, 5) is 39.9. The van der Waals surface area contributed by atoms with Crippen LogP contribution in [0, 0.1) is 54.5 Å². The molecule has 1 saturated heterocycles. The van der Waals surface area contributed by atoms with Crippen LogP contribution in [0.1, 0.15) is 60.4 Å². The van der Waals surface area contributed by atoms with Crippen LogP contribution in [0.3, 0.4) is 0 Å². The number of fused-ring (bicyclic) bond motifs is 1. The lowest BCUT2D eigenvalue weighted by molar-refractivity contribution is -0.149. The van der Waals surface area contributed by atoms with E-state index < -0.39 is 58.0 Å². The van der Waals surface area contributed by atoms with Gasteiger partial charge in [0.2, 0.25) is 0 Å². The van der Waals surface area contributed by atoms with Gasteiger partial charge in [0.15, 0.2) is 0 Å². The SMILES string of the molecule is O=C(OC1C2CC3C1OC(=O)C3C2C(=O)Oc1ccc(S(=O)(=O)O)c(C2C3CC4CC(C3)CC2C4)c1)c1cccc(I)c1I. The molecule has 6 saturated carbocycles. The maximum atomic E-state index is 13.8. The molecule has 6 atom stereocenters. The van der Waals surface area contributed by atoms with Crippen LogP contribution in [0.2, 0.25) is 0 Å². The first-order valence-corrected chi connectivity index (χ1v) is 18.8. The molecule has 44 heavy (non-hydrogen) atoms. The second-order valence-electron chi connectivity index (χ2n) is 13.5. The molecule has 2 aromatic carbocycles. The van der Waals surface area contributed by atoms with Crippen LogP contribution in [0.5, 0.6) is 5.75 Å². The highest BCUT2D eigenvalue weighted by molar-refractivity contribution is 14.1. The molecular formula is C32H30I2O9S. The molecule has 1 N–H and O–H groups in total. The molecule has 7 aliphatic rings. The molecule has 0 spiro atoms. The predicted molar refractivity (Wildman–Crippen MR) is 171 cm³/mol. The average Bonchev–Trinajstić information content (AvgIpc) is 3.57. The Morgan fingerprint density at radius 2 is 1.61 bits per heavy atom. The van der Waals surface area contributed by atoms with E-state index in [2.05, 4.69) is 45.2 Å². The first-order chi connectivity index (χ1) is 21.0. The Labute approximate surface area is 282 Å². The highest BCUT2D eigenvalue weighted by atomic mass is 127. The van der Waals surface area contributed by atoms with Crippen molar-refractivity contribution in [1.29, 1.82) is 0 Å². The third-order valence-corrected chi connectivity index (χ3v) is 15.3. The molecule has 9 rings (SSSR count). The molecule has 0 radical (unpaired) electrons. The summed E-state index contributed by atoms with van der Waals surface area (Å²) in [6.45, 7) is 0. The number of benzene rings is 2. The number of rotatable bonds is 6. The van der Waals surface area contributed by atoms with E-state index in [-0.39, 0.29) is 22.5 Å². The lowest BCUT2D eigenvalue weighted by Crippen LogP contribution is -2.44. The van der Waals surface area contributed by atoms with Gasteiger partial charge in [-0.05, 0) is 149 Å². The summed E-state index contributed by atoms with van der Waals surface area (Å²) < 4.78 is 54.2. The number of carbonyl (C=O) groups is 3. The van der Waals surface area contributed by atoms with Crippen molar-refractivity contribution >= 4 is 73.2 Å². The number of carbonyl (C=O) groups excluding carboxylic acids is 3. The second-order valence-corrected chi connectivity index (χ2v) is 17.2. The van der Waals surface area contributed by atoms with Gasteiger partial charge in [0, 0.05) is 19.0 Å². The molecule has 232 valence electrons. The van der Waals surface area contributed by atoms with Crippen molar-refractivity contribution in [3.8, 4) is 5.75 Å². The van der Waals surface area contributed by atoms with Crippen LogP contribution in [-0.4, -0.2) is 43.1 Å². The van der Waals surface area contributed by atoms with Gasteiger partial charge >= 0.3 is 17.9 Å². The Morgan fingerprint density at radius 1 is 0.909 bits per heavy atom. The van der Waals surface area contributed by atoms with Crippen molar-refractivity contribution in [3.63, 3.8) is 0 Å². The fraction of sp³-hybridized carbons (Fsp3) is 0.531. The Morgan fingerprint density at radius 3 is 2.30 bits per heavy atom. The zero-order valence-electron chi connectivity index (χ0n) is 23.4. The van der Waals surface area contributed by atoms with Crippen molar-refractivity contribution in [2.45, 2.75) is 61.5 Å². The average molecular weight is 844 g/mol. The van der Waals surface area contributed by atoms with Crippen molar-refractivity contribution in [2.24, 2.45) is 47.3 Å². The van der Waals surface area contributed by atoms with Gasteiger partial charge in [0.25, 0.3) is 10.1 Å². The lowest BCUT2D eigenvalue weighted by atomic mass is 9.51. The third kappa shape index (κ3) is 4.66. The molecule has 7 fully saturated rings. The van der Waals surface area contributed by atoms with E-state index in [1.165, 1.54) is 18.6 Å². The standard InChI is InChI=1S/C32H30I2O9S/c33-22-3-1-2-18(27(22)34)30(35)42-28-20-12-21-26(32(37)43-29(21)28)25(20)31(36)41-17-4-5-23(44(38,39)40)19(11-17)24-15-7-13-6-14(9-15)10-16(24)8-13/h1-5,11,13-16,20-21,24-26,28-29H,6-10,12H2,(H,38,39,40). The number of halogens is 2. The fourth-order valence-corrected chi connectivity index (χ4v) is 11.8. The number of ether oxygens (including phenoxy) is 3. The van der Waals surface area contributed by atoms with E-state index in [0.29, 0.717) is 41.2 Å². The first kappa shape index (κ1) is 29.6. The van der Waals surface area contributed by atoms with E-state index in [4.69, 9.17) is 14.2 Å². The number of hydrogen-bond acceptors (Lipinski definition) is 8. The van der Waals surface area contributed by atoms with Gasteiger partial charge in [-0.3, -0.25) is 14.1 Å². The predicted octanol–water partition coefficient (Wildman–Crippen LogP) is 5.62. The molecule has 1 heterocycles. The Bertz CT molecular complexity index is 1680. The molecule has 9 nitrogen and oxygen atoms in total. The Hall–Kier alpha value is -1.78. The second kappa shape index (κ2) is 10.6. The summed E-state index contributed by atoms with van der Waals surface area (Å²) in [5.41, 5.74) is 0.926. The highest BCUT2D eigenvalue weighted by Gasteiger charge is 2.70. The zero-order valence-corrected chi connectivity index (χ0v) is 28.6. The largest absolute Gasteiger partial charge is 0.458 e. The van der Waals surface area contributed by atoms with E-state index >= 15 is 0 Å². The maximum Gasteiger partial charge on any atom is 0.339 e. The Kier molecular flexibility index (Phi) is 7.15. The minimum Gasteiger partial charge on any atom is -0.458 e. The molecule has 6 unspecified atom stereocenters. The monoisotopic (exact) mass is 844 g/mol. The van der Waals surface area contributed by atoms with Gasteiger partial charge in [0.05, 0.1) is 22.3 Å². The maximum absolute atomic E-state index is 13.8. The van der Waals surface area contributed by atoms with E-state index in [1.54, 1.807) is 18.2 Å². The molecule has 1 aliphatic heterocycles. The minimum absolute atomic E-state index is 0.0286. The topological polar surface area (TPSA) is 133 Å². The van der Waals surface area contributed by atoms with Crippen LogP contribution >= 0.6 is 45.2 Å². The van der Waals surface area contributed by atoms with Crippen molar-refractivity contribution < 1.29 is 41.6 Å². The van der Waals surface area contributed by atoms with Crippen molar-refractivity contribution in [2.75, 3.05) is 0 Å². The summed E-state index contributed by atoms with van der Waals surface area (Å²) in [5.74, 6) is -1.70. The molecule has 2 aromatic rings. The lowest BCUT2D eigenvalue weighted by Gasteiger charge is -2.54. The third-order valence-electron chi connectivity index (χ3n) is 11.3. The van der Waals surface area contributed by atoms with Crippen LogP contribution in [-0.2, 0) is 29.2 Å². The van der Waals surface area contributed by atoms with E-state index in [9.17, 15) is 27.4 Å². The quantitative estimate of drug-likeness (QED) is 0.170. The van der Waals surface area contributed by atoms with Crippen molar-refractivity contribution in [1.82, 2.24) is 0 Å². The summed E-state index contributed by atoms with van der Waals surface area (Å²) in [7, 11) is -4.50. The fourth-order valence-electron chi connectivity index (χ4n) is 10.0. The van der Waals surface area contributed by atoms with Gasteiger partial charge in [-0.25, -0.2) is 4.79 Å². The van der Waals surface area contributed by atoms with Gasteiger partial charge in [-0.15, -0.1) is 0 Å². The summed E-state index contributed by atoms with van der Waals surface area (Å²) in [6, 6.07) is 9.67. The zero-order chi connectivity index (χ0) is 30.7. The summed E-state index contributed by atoms with van der Waals surface area (Å²) >= 11 is 4.25. The number of esters is 3.